The van der Waals surface area contributed by atoms with E-state index in [2.05, 4.69) is 31.2 Å². The van der Waals surface area contributed by atoms with Crippen molar-refractivity contribution in [3.8, 4) is 0 Å². The predicted octanol–water partition coefficient (Wildman–Crippen LogP) is 3.82. The second kappa shape index (κ2) is 2.98. The van der Waals surface area contributed by atoms with Gasteiger partial charge in [-0.25, -0.2) is 0 Å². The zero-order chi connectivity index (χ0) is 9.54. The lowest BCUT2D eigenvalue weighted by Gasteiger charge is -2.20. The third kappa shape index (κ3) is 1.13. The van der Waals surface area contributed by atoms with Crippen molar-refractivity contribution < 1.29 is 0 Å². The maximum absolute atomic E-state index is 2.38. The third-order valence-electron chi connectivity index (χ3n) is 3.66. The van der Waals surface area contributed by atoms with E-state index in [1.165, 1.54) is 25.7 Å². The summed E-state index contributed by atoms with van der Waals surface area (Å²) in [6, 6.07) is 8.93. The Balaban J connectivity index is 2.05. The van der Waals surface area contributed by atoms with E-state index in [0.29, 0.717) is 0 Å². The van der Waals surface area contributed by atoms with Gasteiger partial charge in [-0.3, -0.25) is 0 Å². The van der Waals surface area contributed by atoms with Crippen LogP contribution in [0.15, 0.2) is 29.8 Å². The lowest BCUT2D eigenvalue weighted by molar-refractivity contribution is 0.515. The van der Waals surface area contributed by atoms with E-state index in [9.17, 15) is 0 Å². The van der Waals surface area contributed by atoms with Gasteiger partial charge in [-0.1, -0.05) is 36.8 Å². The molecule has 1 atom stereocenters. The fraction of sp³-hybridized carbons (Fsp3) is 0.429. The molecule has 1 aromatic carbocycles. The van der Waals surface area contributed by atoms with Crippen LogP contribution in [-0.4, -0.2) is 0 Å². The second-order valence-corrected chi connectivity index (χ2v) is 4.76. The van der Waals surface area contributed by atoms with Gasteiger partial charge >= 0.3 is 0 Å². The second-order valence-electron chi connectivity index (χ2n) is 4.76. The summed E-state index contributed by atoms with van der Waals surface area (Å²) < 4.78 is 0. The minimum absolute atomic E-state index is 0.906. The molecular weight excluding hydrogens is 168 g/mol. The first kappa shape index (κ1) is 8.28. The molecule has 72 valence electrons. The normalized spacial score (nSPS) is 24.8. The summed E-state index contributed by atoms with van der Waals surface area (Å²) in [5, 5.41) is 0. The molecule has 0 heterocycles. The highest BCUT2D eigenvalue weighted by molar-refractivity contribution is 5.77. The highest BCUT2D eigenvalue weighted by Crippen LogP contribution is 2.42. The molecule has 0 saturated carbocycles. The van der Waals surface area contributed by atoms with Crippen molar-refractivity contribution in [2.45, 2.75) is 32.6 Å². The van der Waals surface area contributed by atoms with E-state index in [4.69, 9.17) is 0 Å². The minimum atomic E-state index is 0.906. The number of allylic oxidation sites excluding steroid dienone is 2. The molecule has 0 aliphatic heterocycles. The van der Waals surface area contributed by atoms with E-state index in [1.54, 1.807) is 22.3 Å². The van der Waals surface area contributed by atoms with Crippen molar-refractivity contribution in [1.82, 2.24) is 0 Å². The highest BCUT2D eigenvalue weighted by Gasteiger charge is 2.25. The van der Waals surface area contributed by atoms with Crippen molar-refractivity contribution in [3.63, 3.8) is 0 Å². The quantitative estimate of drug-likeness (QED) is 0.575. The molecule has 0 aromatic heterocycles. The fourth-order valence-corrected chi connectivity index (χ4v) is 2.92. The molecule has 1 aromatic rings. The molecule has 0 spiro atoms. The third-order valence-corrected chi connectivity index (χ3v) is 3.66. The van der Waals surface area contributed by atoms with Gasteiger partial charge in [0.1, 0.15) is 0 Å². The summed E-state index contributed by atoms with van der Waals surface area (Å²) in [5.41, 5.74) is 6.52. The van der Waals surface area contributed by atoms with Crippen molar-refractivity contribution in [2.24, 2.45) is 5.92 Å². The lowest BCUT2D eigenvalue weighted by atomic mass is 9.85. The van der Waals surface area contributed by atoms with Gasteiger partial charge in [0, 0.05) is 0 Å². The average Bonchev–Trinajstić information content (AvgIpc) is 2.54. The molecule has 0 bridgehead atoms. The van der Waals surface area contributed by atoms with Crippen molar-refractivity contribution in [2.75, 3.05) is 0 Å². The molecule has 0 heteroatoms. The molecule has 0 N–H and O–H groups in total. The van der Waals surface area contributed by atoms with Crippen LogP contribution in [0.2, 0.25) is 0 Å². The van der Waals surface area contributed by atoms with E-state index in [0.717, 1.165) is 5.92 Å². The summed E-state index contributed by atoms with van der Waals surface area (Å²) in [5.74, 6) is 0.906. The largest absolute Gasteiger partial charge is 0.0622 e. The summed E-state index contributed by atoms with van der Waals surface area (Å²) in [6.45, 7) is 2.38. The highest BCUT2D eigenvalue weighted by atomic mass is 14.3. The summed E-state index contributed by atoms with van der Waals surface area (Å²) in [6.07, 6.45) is 5.26. The molecular formula is C14H16. The van der Waals surface area contributed by atoms with Gasteiger partial charge in [-0.15, -0.1) is 0 Å². The summed E-state index contributed by atoms with van der Waals surface area (Å²) >= 11 is 0. The van der Waals surface area contributed by atoms with Crippen molar-refractivity contribution in [3.05, 3.63) is 41.0 Å². The minimum Gasteiger partial charge on any atom is -0.0622 e. The zero-order valence-electron chi connectivity index (χ0n) is 8.72. The number of benzene rings is 1. The molecule has 0 fully saturated rings. The maximum Gasteiger partial charge on any atom is -0.00549 e. The van der Waals surface area contributed by atoms with Crippen LogP contribution in [0.3, 0.4) is 0 Å². The molecule has 3 rings (SSSR count). The van der Waals surface area contributed by atoms with E-state index in [1.807, 2.05) is 0 Å². The van der Waals surface area contributed by atoms with Gasteiger partial charge in [-0.05, 0) is 48.3 Å². The van der Waals surface area contributed by atoms with E-state index < -0.39 is 0 Å². The Morgan fingerprint density at radius 2 is 2.07 bits per heavy atom. The SMILES string of the molecule is C[C@H]1CCC2=C(Cc3ccccc32)C1. The number of rotatable bonds is 0. The Bertz CT molecular complexity index is 398. The number of hydrogen-bond donors (Lipinski definition) is 0. The molecule has 14 heavy (non-hydrogen) atoms. The Hall–Kier alpha value is -1.04. The van der Waals surface area contributed by atoms with Gasteiger partial charge in [0.25, 0.3) is 0 Å². The van der Waals surface area contributed by atoms with Crippen LogP contribution in [0.5, 0.6) is 0 Å². The van der Waals surface area contributed by atoms with Crippen LogP contribution in [-0.2, 0) is 6.42 Å². The van der Waals surface area contributed by atoms with E-state index in [-0.39, 0.29) is 0 Å². The first-order chi connectivity index (χ1) is 6.84. The first-order valence-electron chi connectivity index (χ1n) is 5.64. The van der Waals surface area contributed by atoms with Crippen LogP contribution in [0.1, 0.15) is 37.3 Å². The Morgan fingerprint density at radius 3 is 3.00 bits per heavy atom. The monoisotopic (exact) mass is 184 g/mol. The number of hydrogen-bond acceptors (Lipinski definition) is 0. The Labute approximate surface area is 85.6 Å². The van der Waals surface area contributed by atoms with Gasteiger partial charge in [0.2, 0.25) is 0 Å². The molecule has 2 aliphatic rings. The molecule has 0 amide bonds. The molecule has 0 saturated heterocycles. The van der Waals surface area contributed by atoms with Crippen LogP contribution < -0.4 is 0 Å². The Morgan fingerprint density at radius 1 is 1.21 bits per heavy atom. The van der Waals surface area contributed by atoms with Crippen LogP contribution in [0.4, 0.5) is 0 Å². The standard InChI is InChI=1S/C14H16/c1-10-6-7-14-12(8-10)9-11-4-2-3-5-13(11)14/h2-5,10H,6-9H2,1H3/t10-/m0/s1. The van der Waals surface area contributed by atoms with Gasteiger partial charge in [0.15, 0.2) is 0 Å². The molecule has 0 radical (unpaired) electrons. The van der Waals surface area contributed by atoms with E-state index >= 15 is 0 Å². The van der Waals surface area contributed by atoms with Gasteiger partial charge < -0.3 is 0 Å². The average molecular weight is 184 g/mol. The van der Waals surface area contributed by atoms with Crippen LogP contribution in [0.25, 0.3) is 5.57 Å². The van der Waals surface area contributed by atoms with Crippen LogP contribution in [0, 0.1) is 5.92 Å². The lowest BCUT2D eigenvalue weighted by Crippen LogP contribution is -2.04. The van der Waals surface area contributed by atoms with Gasteiger partial charge in [-0.2, -0.15) is 0 Å². The van der Waals surface area contributed by atoms with Crippen molar-refractivity contribution in [1.29, 1.82) is 0 Å². The van der Waals surface area contributed by atoms with Crippen molar-refractivity contribution >= 4 is 5.57 Å². The maximum atomic E-state index is 2.38. The van der Waals surface area contributed by atoms with Crippen LogP contribution >= 0.6 is 0 Å². The topological polar surface area (TPSA) is 0 Å². The molecule has 0 nitrogen and oxygen atoms in total. The zero-order valence-corrected chi connectivity index (χ0v) is 8.72. The molecule has 0 unspecified atom stereocenters. The predicted molar refractivity (Wildman–Crippen MR) is 60.1 cm³/mol. The number of fused-ring (bicyclic) bond motifs is 2. The first-order valence-corrected chi connectivity index (χ1v) is 5.64. The smallest absolute Gasteiger partial charge is 0.00549 e. The fourth-order valence-electron chi connectivity index (χ4n) is 2.92. The summed E-state index contributed by atoms with van der Waals surface area (Å²) in [7, 11) is 0. The van der Waals surface area contributed by atoms with Gasteiger partial charge in [0.05, 0.1) is 0 Å². The Kier molecular flexibility index (Phi) is 1.76. The summed E-state index contributed by atoms with van der Waals surface area (Å²) in [4.78, 5) is 0. The molecule has 2 aliphatic carbocycles.